The molecule has 1 amide bonds. The van der Waals surface area contributed by atoms with E-state index in [1.54, 1.807) is 12.1 Å². The Labute approximate surface area is 181 Å². The topological polar surface area (TPSA) is 44.4 Å². The smallest absolute Gasteiger partial charge is 0.223 e. The van der Waals surface area contributed by atoms with E-state index in [1.807, 2.05) is 7.05 Å². The second-order valence-electron chi connectivity index (χ2n) is 8.06. The van der Waals surface area contributed by atoms with Crippen molar-refractivity contribution in [3.05, 3.63) is 33.6 Å². The van der Waals surface area contributed by atoms with Gasteiger partial charge in [0.1, 0.15) is 5.82 Å². The molecule has 0 aromatic heterocycles. The van der Waals surface area contributed by atoms with Gasteiger partial charge >= 0.3 is 0 Å². The molecule has 3 rings (SSSR count). The van der Waals surface area contributed by atoms with Crippen molar-refractivity contribution in [3.63, 3.8) is 0 Å². The van der Waals surface area contributed by atoms with Crippen LogP contribution in [0.5, 0.6) is 0 Å². The Morgan fingerprint density at radius 2 is 1.93 bits per heavy atom. The summed E-state index contributed by atoms with van der Waals surface area (Å²) in [7, 11) is 1.89. The number of nitrogens with zero attached hydrogens (tertiary/aromatic N) is 1. The molecule has 2 N–H and O–H groups in total. The van der Waals surface area contributed by atoms with Gasteiger partial charge in [0, 0.05) is 36.7 Å². The standard InChI is InChI=1S/C20H28Cl2FN3OS/c1-20(9-3-4-10-20)18(16-15(23)6-5-14(21)17(16)22)25-19(27)13-7-11-26(12-8-13)28-24-2/h5-6,13,18,24H,3-4,7-12H2,1-2H3,(H,25,27). The highest BCUT2D eigenvalue weighted by atomic mass is 35.5. The number of hydrogen-bond acceptors (Lipinski definition) is 4. The lowest BCUT2D eigenvalue weighted by molar-refractivity contribution is -0.127. The van der Waals surface area contributed by atoms with E-state index in [2.05, 4.69) is 21.3 Å². The molecule has 1 atom stereocenters. The van der Waals surface area contributed by atoms with Crippen molar-refractivity contribution in [1.29, 1.82) is 0 Å². The fourth-order valence-electron chi connectivity index (χ4n) is 4.47. The molecule has 1 heterocycles. The van der Waals surface area contributed by atoms with Gasteiger partial charge in [0.15, 0.2) is 0 Å². The van der Waals surface area contributed by atoms with E-state index in [4.69, 9.17) is 23.2 Å². The van der Waals surface area contributed by atoms with Crippen LogP contribution in [0.25, 0.3) is 0 Å². The number of nitrogens with one attached hydrogen (secondary N) is 2. The van der Waals surface area contributed by atoms with E-state index in [-0.39, 0.29) is 22.3 Å². The Hall–Kier alpha value is -0.530. The first kappa shape index (κ1) is 22.2. The van der Waals surface area contributed by atoms with Crippen molar-refractivity contribution >= 4 is 41.2 Å². The Balaban J connectivity index is 1.82. The van der Waals surface area contributed by atoms with Crippen molar-refractivity contribution in [1.82, 2.24) is 14.3 Å². The zero-order valence-corrected chi connectivity index (χ0v) is 18.7. The van der Waals surface area contributed by atoms with Crippen LogP contribution in [0.2, 0.25) is 10.0 Å². The summed E-state index contributed by atoms with van der Waals surface area (Å²) < 4.78 is 20.1. The molecule has 0 bridgehead atoms. The largest absolute Gasteiger partial charge is 0.348 e. The van der Waals surface area contributed by atoms with Crippen LogP contribution in [0.1, 0.15) is 57.1 Å². The van der Waals surface area contributed by atoms with Crippen molar-refractivity contribution in [2.45, 2.75) is 51.5 Å². The van der Waals surface area contributed by atoms with Gasteiger partial charge in [0.25, 0.3) is 0 Å². The molecule has 8 heteroatoms. The molecule has 156 valence electrons. The summed E-state index contributed by atoms with van der Waals surface area (Å²) in [4.78, 5) is 13.1. The van der Waals surface area contributed by atoms with Gasteiger partial charge in [0.2, 0.25) is 5.91 Å². The first-order valence-electron chi connectivity index (χ1n) is 9.88. The van der Waals surface area contributed by atoms with Gasteiger partial charge in [-0.2, -0.15) is 0 Å². The minimum Gasteiger partial charge on any atom is -0.348 e. The number of hydrogen-bond donors (Lipinski definition) is 2. The number of piperidine rings is 1. The summed E-state index contributed by atoms with van der Waals surface area (Å²) in [5, 5.41) is 3.70. The first-order chi connectivity index (χ1) is 13.4. The molecule has 28 heavy (non-hydrogen) atoms. The van der Waals surface area contributed by atoms with E-state index >= 15 is 0 Å². The maximum atomic E-state index is 14.8. The molecule has 0 radical (unpaired) electrons. The third-order valence-corrected chi connectivity index (χ3v) is 7.77. The predicted molar refractivity (Wildman–Crippen MR) is 115 cm³/mol. The number of carbonyl (C=O) groups excluding carboxylic acids is 1. The molecule has 1 aromatic rings. The van der Waals surface area contributed by atoms with E-state index in [9.17, 15) is 9.18 Å². The van der Waals surface area contributed by atoms with E-state index in [0.29, 0.717) is 10.6 Å². The second kappa shape index (κ2) is 9.52. The molecule has 1 aliphatic carbocycles. The zero-order chi connectivity index (χ0) is 20.3. The van der Waals surface area contributed by atoms with Gasteiger partial charge in [0.05, 0.1) is 16.1 Å². The zero-order valence-electron chi connectivity index (χ0n) is 16.4. The monoisotopic (exact) mass is 447 g/mol. The lowest BCUT2D eigenvalue weighted by Gasteiger charge is -2.38. The van der Waals surface area contributed by atoms with Crippen LogP contribution >= 0.6 is 35.3 Å². The highest BCUT2D eigenvalue weighted by Gasteiger charge is 2.42. The first-order valence-corrected chi connectivity index (χ1v) is 11.4. The Kier molecular flexibility index (Phi) is 7.54. The van der Waals surface area contributed by atoms with Crippen LogP contribution in [0, 0.1) is 17.2 Å². The van der Waals surface area contributed by atoms with Gasteiger partial charge < -0.3 is 5.32 Å². The van der Waals surface area contributed by atoms with Crippen molar-refractivity contribution in [2.75, 3.05) is 20.1 Å². The second-order valence-corrected chi connectivity index (χ2v) is 9.95. The minimum atomic E-state index is -0.474. The Morgan fingerprint density at radius 1 is 1.29 bits per heavy atom. The summed E-state index contributed by atoms with van der Waals surface area (Å²) in [6.07, 6.45) is 5.57. The lowest BCUT2D eigenvalue weighted by Crippen LogP contribution is -2.44. The quantitative estimate of drug-likeness (QED) is 0.454. The molecular weight excluding hydrogens is 420 g/mol. The minimum absolute atomic E-state index is 0.0114. The van der Waals surface area contributed by atoms with Gasteiger partial charge in [-0.05, 0) is 50.3 Å². The predicted octanol–water partition coefficient (Wildman–Crippen LogP) is 5.36. The number of rotatable bonds is 6. The van der Waals surface area contributed by atoms with E-state index in [1.165, 1.54) is 12.1 Å². The Morgan fingerprint density at radius 3 is 2.54 bits per heavy atom. The summed E-state index contributed by atoms with van der Waals surface area (Å²) in [5.74, 6) is -0.488. The van der Waals surface area contributed by atoms with Gasteiger partial charge in [-0.25, -0.2) is 8.70 Å². The van der Waals surface area contributed by atoms with Gasteiger partial charge in [-0.15, -0.1) is 0 Å². The van der Waals surface area contributed by atoms with E-state index < -0.39 is 11.9 Å². The van der Waals surface area contributed by atoms with Crippen LogP contribution in [0.15, 0.2) is 12.1 Å². The average Bonchev–Trinajstić information content (AvgIpc) is 3.12. The molecule has 2 fully saturated rings. The molecule has 4 nitrogen and oxygen atoms in total. The van der Waals surface area contributed by atoms with Crippen molar-refractivity contribution in [3.8, 4) is 0 Å². The number of amides is 1. The van der Waals surface area contributed by atoms with Crippen LogP contribution in [-0.4, -0.2) is 30.3 Å². The molecule has 1 saturated carbocycles. The summed E-state index contributed by atoms with van der Waals surface area (Å²) >= 11 is 14.2. The fraction of sp³-hybridized carbons (Fsp3) is 0.650. The molecule has 1 aliphatic heterocycles. The van der Waals surface area contributed by atoms with Crippen molar-refractivity contribution < 1.29 is 9.18 Å². The molecule has 1 unspecified atom stereocenters. The molecule has 2 aliphatic rings. The highest BCUT2D eigenvalue weighted by molar-refractivity contribution is 7.95. The summed E-state index contributed by atoms with van der Waals surface area (Å²) in [5.41, 5.74) is 0.100. The third kappa shape index (κ3) is 4.78. The number of benzene rings is 1. The van der Waals surface area contributed by atoms with E-state index in [0.717, 1.165) is 51.6 Å². The fourth-order valence-corrected chi connectivity index (χ4v) is 5.55. The third-order valence-electron chi connectivity index (χ3n) is 6.14. The SMILES string of the molecule is CNSN1CCC(C(=O)NC(c2c(F)ccc(Cl)c2Cl)C2(C)CCCC2)CC1. The van der Waals surface area contributed by atoms with Gasteiger partial charge in [-0.1, -0.05) is 43.0 Å². The normalized spacial score (nSPS) is 21.6. The number of halogens is 3. The van der Waals surface area contributed by atoms with Crippen LogP contribution < -0.4 is 10.0 Å². The molecular formula is C20H28Cl2FN3OS. The van der Waals surface area contributed by atoms with Gasteiger partial charge in [-0.3, -0.25) is 9.52 Å². The summed E-state index contributed by atoms with van der Waals surface area (Å²) in [6, 6.07) is 2.33. The van der Waals surface area contributed by atoms with Crippen LogP contribution in [-0.2, 0) is 4.79 Å². The molecule has 1 saturated heterocycles. The lowest BCUT2D eigenvalue weighted by atomic mass is 9.76. The number of carbonyl (C=O) groups is 1. The Bertz CT molecular complexity index is 707. The maximum Gasteiger partial charge on any atom is 0.223 e. The van der Waals surface area contributed by atoms with Crippen LogP contribution in [0.4, 0.5) is 4.39 Å². The maximum absolute atomic E-state index is 14.8. The van der Waals surface area contributed by atoms with Crippen LogP contribution in [0.3, 0.4) is 0 Å². The highest BCUT2D eigenvalue weighted by Crippen LogP contribution is 2.50. The van der Waals surface area contributed by atoms with Crippen molar-refractivity contribution in [2.24, 2.45) is 11.3 Å². The average molecular weight is 448 g/mol. The molecule has 0 spiro atoms. The summed E-state index contributed by atoms with van der Waals surface area (Å²) in [6.45, 7) is 3.81. The molecule has 1 aromatic carbocycles.